The molecule has 1 fully saturated rings. The van der Waals surface area contributed by atoms with Crippen LogP contribution in [-0.4, -0.2) is 24.5 Å². The topological polar surface area (TPSA) is 39.1 Å². The number of likely N-dealkylation sites (tertiary alicyclic amines) is 1. The Morgan fingerprint density at radius 3 is 2.82 bits per heavy atom. The third-order valence-corrected chi connectivity index (χ3v) is 5.15. The maximum absolute atomic E-state index is 8.97. The van der Waals surface area contributed by atoms with E-state index in [1.807, 2.05) is 29.5 Å². The third-order valence-electron chi connectivity index (χ3n) is 4.18. The summed E-state index contributed by atoms with van der Waals surface area (Å²) in [7, 11) is 0. The van der Waals surface area contributed by atoms with Crippen LogP contribution in [-0.2, 0) is 6.54 Å². The van der Waals surface area contributed by atoms with Crippen molar-refractivity contribution in [2.75, 3.05) is 19.6 Å². The van der Waals surface area contributed by atoms with Gasteiger partial charge in [-0.05, 0) is 55.1 Å². The van der Waals surface area contributed by atoms with Gasteiger partial charge in [0, 0.05) is 18.0 Å². The highest BCUT2D eigenvalue weighted by molar-refractivity contribution is 7.10. The third kappa shape index (κ3) is 3.75. The molecule has 3 rings (SSSR count). The van der Waals surface area contributed by atoms with Gasteiger partial charge in [0.05, 0.1) is 17.7 Å². The summed E-state index contributed by atoms with van der Waals surface area (Å²) in [5, 5.41) is 14.7. The maximum Gasteiger partial charge on any atom is 0.0991 e. The molecule has 1 unspecified atom stereocenters. The lowest BCUT2D eigenvalue weighted by Crippen LogP contribution is -2.33. The number of nitrogens with one attached hydrogen (secondary N) is 1. The Bertz CT molecular complexity index is 624. The van der Waals surface area contributed by atoms with Gasteiger partial charge < -0.3 is 5.32 Å². The lowest BCUT2D eigenvalue weighted by molar-refractivity contribution is 0.242. The Morgan fingerprint density at radius 2 is 2.09 bits per heavy atom. The first-order valence-corrected chi connectivity index (χ1v) is 8.72. The van der Waals surface area contributed by atoms with E-state index in [-0.39, 0.29) is 0 Å². The van der Waals surface area contributed by atoms with Gasteiger partial charge in [0.2, 0.25) is 0 Å². The Labute approximate surface area is 136 Å². The van der Waals surface area contributed by atoms with E-state index in [0.717, 1.165) is 18.7 Å². The van der Waals surface area contributed by atoms with E-state index in [9.17, 15) is 0 Å². The normalized spacial score (nSPS) is 16.5. The monoisotopic (exact) mass is 311 g/mol. The van der Waals surface area contributed by atoms with Crippen molar-refractivity contribution in [3.05, 3.63) is 57.8 Å². The second-order valence-electron chi connectivity index (χ2n) is 5.72. The zero-order valence-corrected chi connectivity index (χ0v) is 13.5. The van der Waals surface area contributed by atoms with E-state index in [0.29, 0.717) is 6.04 Å². The fourth-order valence-corrected chi connectivity index (χ4v) is 3.91. The van der Waals surface area contributed by atoms with Crippen molar-refractivity contribution < 1.29 is 0 Å². The highest BCUT2D eigenvalue weighted by Gasteiger charge is 2.23. The van der Waals surface area contributed by atoms with Crippen LogP contribution in [0.15, 0.2) is 41.8 Å². The number of hydrogen-bond donors (Lipinski definition) is 1. The van der Waals surface area contributed by atoms with Crippen molar-refractivity contribution >= 4 is 11.3 Å². The standard InChI is InChI=1S/C18H21N3S/c19-12-15-5-3-6-16(11-15)13-20-14-17(18-7-4-10-22-18)21-8-1-2-9-21/h3-7,10-11,17,20H,1-2,8-9,13-14H2. The SMILES string of the molecule is N#Cc1cccc(CNCC(c2cccs2)N2CCCC2)c1. The average molecular weight is 311 g/mol. The fourth-order valence-electron chi connectivity index (χ4n) is 3.05. The molecule has 3 nitrogen and oxygen atoms in total. The van der Waals surface area contributed by atoms with Crippen LogP contribution in [0.4, 0.5) is 0 Å². The molecule has 1 aliphatic heterocycles. The Hall–Kier alpha value is -1.67. The van der Waals surface area contributed by atoms with Gasteiger partial charge in [0.1, 0.15) is 0 Å². The largest absolute Gasteiger partial charge is 0.311 e. The van der Waals surface area contributed by atoms with E-state index in [1.54, 1.807) is 0 Å². The van der Waals surface area contributed by atoms with Gasteiger partial charge >= 0.3 is 0 Å². The number of hydrogen-bond acceptors (Lipinski definition) is 4. The number of nitriles is 1. The molecule has 1 atom stereocenters. The Balaban J connectivity index is 1.60. The molecule has 114 valence electrons. The molecule has 0 aliphatic carbocycles. The van der Waals surface area contributed by atoms with Crippen LogP contribution in [0.5, 0.6) is 0 Å². The van der Waals surface area contributed by atoms with Crippen LogP contribution in [0.3, 0.4) is 0 Å². The highest BCUT2D eigenvalue weighted by Crippen LogP contribution is 2.27. The van der Waals surface area contributed by atoms with E-state index in [4.69, 9.17) is 5.26 Å². The summed E-state index contributed by atoms with van der Waals surface area (Å²) in [6.45, 7) is 4.17. The number of rotatable bonds is 6. The minimum atomic E-state index is 0.474. The van der Waals surface area contributed by atoms with Gasteiger partial charge in [-0.3, -0.25) is 4.90 Å². The minimum absolute atomic E-state index is 0.474. The molecule has 1 aromatic carbocycles. The zero-order valence-electron chi connectivity index (χ0n) is 12.7. The summed E-state index contributed by atoms with van der Waals surface area (Å²) in [5.41, 5.74) is 1.90. The number of nitrogens with zero attached hydrogens (tertiary/aromatic N) is 2. The second kappa shape index (κ2) is 7.55. The maximum atomic E-state index is 8.97. The van der Waals surface area contributed by atoms with Gasteiger partial charge in [-0.2, -0.15) is 5.26 Å². The molecule has 0 saturated carbocycles. The van der Waals surface area contributed by atoms with Crippen LogP contribution >= 0.6 is 11.3 Å². The summed E-state index contributed by atoms with van der Waals surface area (Å²) in [4.78, 5) is 4.03. The molecule has 0 spiro atoms. The molecule has 1 saturated heterocycles. The lowest BCUT2D eigenvalue weighted by atomic mass is 10.1. The molecule has 4 heteroatoms. The van der Waals surface area contributed by atoms with Crippen molar-refractivity contribution in [1.29, 1.82) is 5.26 Å². The zero-order chi connectivity index (χ0) is 15.2. The van der Waals surface area contributed by atoms with Gasteiger partial charge in [-0.25, -0.2) is 0 Å². The summed E-state index contributed by atoms with van der Waals surface area (Å²) >= 11 is 1.85. The molecule has 0 amide bonds. The van der Waals surface area contributed by atoms with Gasteiger partial charge in [0.25, 0.3) is 0 Å². The smallest absolute Gasteiger partial charge is 0.0991 e. The first-order valence-electron chi connectivity index (χ1n) is 7.84. The van der Waals surface area contributed by atoms with Crippen molar-refractivity contribution in [3.63, 3.8) is 0 Å². The lowest BCUT2D eigenvalue weighted by Gasteiger charge is -2.27. The summed E-state index contributed by atoms with van der Waals surface area (Å²) in [6, 6.07) is 14.9. The Morgan fingerprint density at radius 1 is 1.23 bits per heavy atom. The van der Waals surface area contributed by atoms with E-state index in [1.165, 1.54) is 36.4 Å². The molecule has 2 heterocycles. The van der Waals surface area contributed by atoms with E-state index >= 15 is 0 Å². The van der Waals surface area contributed by atoms with Crippen molar-refractivity contribution in [3.8, 4) is 6.07 Å². The first-order chi connectivity index (χ1) is 10.9. The summed E-state index contributed by atoms with van der Waals surface area (Å²) in [5.74, 6) is 0. The quantitative estimate of drug-likeness (QED) is 0.887. The van der Waals surface area contributed by atoms with Gasteiger partial charge in [-0.1, -0.05) is 18.2 Å². The first kappa shape index (κ1) is 15.2. The van der Waals surface area contributed by atoms with Crippen molar-refractivity contribution in [1.82, 2.24) is 10.2 Å². The number of benzene rings is 1. The molecule has 1 aliphatic rings. The fraction of sp³-hybridized carbons (Fsp3) is 0.389. The molecule has 1 aromatic heterocycles. The summed E-state index contributed by atoms with van der Waals surface area (Å²) < 4.78 is 0. The van der Waals surface area contributed by atoms with Crippen molar-refractivity contribution in [2.24, 2.45) is 0 Å². The molecule has 1 N–H and O–H groups in total. The predicted molar refractivity (Wildman–Crippen MR) is 90.7 cm³/mol. The van der Waals surface area contributed by atoms with E-state index in [2.05, 4.69) is 39.9 Å². The summed E-state index contributed by atoms with van der Waals surface area (Å²) in [6.07, 6.45) is 2.62. The number of thiophene rings is 1. The molecule has 0 bridgehead atoms. The van der Waals surface area contributed by atoms with Crippen LogP contribution in [0.2, 0.25) is 0 Å². The highest BCUT2D eigenvalue weighted by atomic mass is 32.1. The van der Waals surface area contributed by atoms with Crippen LogP contribution < -0.4 is 5.32 Å². The molecular weight excluding hydrogens is 290 g/mol. The van der Waals surface area contributed by atoms with Crippen molar-refractivity contribution in [2.45, 2.75) is 25.4 Å². The van der Waals surface area contributed by atoms with Crippen LogP contribution in [0, 0.1) is 11.3 Å². The predicted octanol–water partition coefficient (Wildman–Crippen LogP) is 3.55. The van der Waals surface area contributed by atoms with Gasteiger partial charge in [0.15, 0.2) is 0 Å². The molecular formula is C18H21N3S. The van der Waals surface area contributed by atoms with Crippen LogP contribution in [0.1, 0.15) is 34.9 Å². The Kier molecular flexibility index (Phi) is 5.23. The van der Waals surface area contributed by atoms with Crippen LogP contribution in [0.25, 0.3) is 0 Å². The average Bonchev–Trinajstić information content (AvgIpc) is 3.25. The minimum Gasteiger partial charge on any atom is -0.311 e. The molecule has 2 aromatic rings. The second-order valence-corrected chi connectivity index (χ2v) is 6.70. The van der Waals surface area contributed by atoms with Gasteiger partial charge in [-0.15, -0.1) is 11.3 Å². The molecule has 22 heavy (non-hydrogen) atoms. The molecule has 0 radical (unpaired) electrons. The van der Waals surface area contributed by atoms with E-state index < -0.39 is 0 Å².